The average Bonchev–Trinajstić information content (AvgIpc) is 2.80. The molecule has 1 aromatic heterocycles. The summed E-state index contributed by atoms with van der Waals surface area (Å²) in [6.45, 7) is 4.46. The maximum atomic E-state index is 13.5. The molecular weight excluding hydrogens is 301 g/mol. The number of aliphatic hydroxyl groups is 1. The first-order chi connectivity index (χ1) is 10.8. The van der Waals surface area contributed by atoms with Gasteiger partial charge in [-0.05, 0) is 38.5 Å². The summed E-state index contributed by atoms with van der Waals surface area (Å²) in [7, 11) is 0. The summed E-state index contributed by atoms with van der Waals surface area (Å²) >= 11 is 0. The lowest BCUT2D eigenvalue weighted by molar-refractivity contribution is 0.0467. The Morgan fingerprint density at radius 3 is 2.52 bits per heavy atom. The van der Waals surface area contributed by atoms with Gasteiger partial charge in [-0.25, -0.2) is 9.18 Å². The minimum absolute atomic E-state index is 0.121. The Labute approximate surface area is 133 Å². The van der Waals surface area contributed by atoms with E-state index in [1.165, 1.54) is 24.3 Å². The van der Waals surface area contributed by atoms with Crippen molar-refractivity contribution in [2.75, 3.05) is 6.61 Å². The Morgan fingerprint density at radius 2 is 1.96 bits per heavy atom. The van der Waals surface area contributed by atoms with E-state index >= 15 is 0 Å². The molecule has 23 heavy (non-hydrogen) atoms. The minimum atomic E-state index is -0.729. The van der Waals surface area contributed by atoms with E-state index in [0.29, 0.717) is 16.8 Å². The molecule has 122 valence electrons. The number of aromatic amines is 1. The number of halogens is 1. The molecule has 1 aromatic carbocycles. The van der Waals surface area contributed by atoms with Gasteiger partial charge in [0.05, 0.1) is 11.7 Å². The van der Waals surface area contributed by atoms with Crippen molar-refractivity contribution >= 4 is 11.8 Å². The number of ketones is 1. The summed E-state index contributed by atoms with van der Waals surface area (Å²) in [6, 6.07) is 5.51. The molecule has 0 saturated heterocycles. The zero-order chi connectivity index (χ0) is 17.1. The molecule has 2 rings (SSSR count). The normalized spacial score (nSPS) is 12.0. The van der Waals surface area contributed by atoms with Crippen molar-refractivity contribution in [1.29, 1.82) is 0 Å². The lowest BCUT2D eigenvalue weighted by Crippen LogP contribution is -2.16. The molecule has 0 aliphatic carbocycles. The number of carbonyl (C=O) groups is 2. The van der Waals surface area contributed by atoms with Crippen LogP contribution in [0.4, 0.5) is 4.39 Å². The van der Waals surface area contributed by atoms with Gasteiger partial charge in [-0.1, -0.05) is 12.1 Å². The lowest BCUT2D eigenvalue weighted by atomic mass is 10.1. The van der Waals surface area contributed by atoms with Crippen LogP contribution >= 0.6 is 0 Å². The van der Waals surface area contributed by atoms with Crippen LogP contribution in [0.1, 0.15) is 50.7 Å². The highest BCUT2D eigenvalue weighted by atomic mass is 19.1. The van der Waals surface area contributed by atoms with E-state index in [1.807, 2.05) is 0 Å². The zero-order valence-corrected chi connectivity index (χ0v) is 13.1. The predicted molar refractivity (Wildman–Crippen MR) is 81.9 cm³/mol. The van der Waals surface area contributed by atoms with Crippen molar-refractivity contribution in [2.24, 2.45) is 0 Å². The van der Waals surface area contributed by atoms with Crippen LogP contribution in [-0.2, 0) is 4.74 Å². The molecule has 0 radical (unpaired) electrons. The third-order valence-electron chi connectivity index (χ3n) is 3.63. The number of benzene rings is 1. The van der Waals surface area contributed by atoms with Crippen LogP contribution in [0.25, 0.3) is 0 Å². The van der Waals surface area contributed by atoms with Crippen LogP contribution < -0.4 is 0 Å². The van der Waals surface area contributed by atoms with E-state index in [9.17, 15) is 19.1 Å². The van der Waals surface area contributed by atoms with Crippen molar-refractivity contribution < 1.29 is 23.8 Å². The minimum Gasteiger partial charge on any atom is -0.453 e. The number of ether oxygens (including phenoxy) is 1. The quantitative estimate of drug-likeness (QED) is 0.656. The van der Waals surface area contributed by atoms with Gasteiger partial charge in [-0.2, -0.15) is 0 Å². The summed E-state index contributed by atoms with van der Waals surface area (Å²) in [5.41, 5.74) is 1.91. The molecular formula is C17H18FNO4. The Morgan fingerprint density at radius 1 is 1.30 bits per heavy atom. The molecule has 2 N–H and O–H groups in total. The Balaban J connectivity index is 2.10. The molecule has 0 amide bonds. The van der Waals surface area contributed by atoms with Crippen molar-refractivity contribution in [2.45, 2.75) is 26.9 Å². The topological polar surface area (TPSA) is 79.4 Å². The lowest BCUT2D eigenvalue weighted by Gasteiger charge is -2.06. The fraction of sp³-hybridized carbons (Fsp3) is 0.294. The molecule has 0 aliphatic heterocycles. The van der Waals surface area contributed by atoms with Gasteiger partial charge in [0.2, 0.25) is 5.78 Å². The van der Waals surface area contributed by atoms with E-state index < -0.39 is 30.3 Å². The van der Waals surface area contributed by atoms with Gasteiger partial charge in [-0.15, -0.1) is 0 Å². The van der Waals surface area contributed by atoms with E-state index in [2.05, 4.69) is 4.98 Å². The average molecular weight is 319 g/mol. The smallest absolute Gasteiger partial charge is 0.355 e. The van der Waals surface area contributed by atoms with Gasteiger partial charge in [0.1, 0.15) is 11.5 Å². The number of aryl methyl sites for hydroxylation is 1. The van der Waals surface area contributed by atoms with Crippen LogP contribution in [0.15, 0.2) is 24.3 Å². The molecule has 0 aliphatic rings. The van der Waals surface area contributed by atoms with Gasteiger partial charge in [0, 0.05) is 11.3 Å². The van der Waals surface area contributed by atoms with E-state index in [1.54, 1.807) is 20.8 Å². The van der Waals surface area contributed by atoms with Crippen LogP contribution in [0.5, 0.6) is 0 Å². The fourth-order valence-corrected chi connectivity index (χ4v) is 2.56. The van der Waals surface area contributed by atoms with Crippen molar-refractivity contribution in [3.8, 4) is 0 Å². The van der Waals surface area contributed by atoms with Gasteiger partial charge in [0.15, 0.2) is 6.61 Å². The summed E-state index contributed by atoms with van der Waals surface area (Å²) in [5.74, 6) is -1.99. The molecule has 0 saturated carbocycles. The second-order valence-corrected chi connectivity index (χ2v) is 5.32. The molecule has 1 heterocycles. The number of hydrogen-bond acceptors (Lipinski definition) is 4. The molecule has 0 fully saturated rings. The number of aliphatic hydroxyl groups excluding tert-OH is 1. The highest BCUT2D eigenvalue weighted by Crippen LogP contribution is 2.24. The number of H-pyrrole nitrogens is 1. The van der Waals surface area contributed by atoms with Crippen LogP contribution in [-0.4, -0.2) is 28.4 Å². The van der Waals surface area contributed by atoms with E-state index in [-0.39, 0.29) is 11.3 Å². The number of rotatable bonds is 5. The fourth-order valence-electron chi connectivity index (χ4n) is 2.56. The van der Waals surface area contributed by atoms with Gasteiger partial charge >= 0.3 is 5.97 Å². The molecule has 1 atom stereocenters. The first kappa shape index (κ1) is 16.9. The van der Waals surface area contributed by atoms with E-state index in [0.717, 1.165) is 0 Å². The van der Waals surface area contributed by atoms with Gasteiger partial charge in [-0.3, -0.25) is 4.79 Å². The number of hydrogen-bond donors (Lipinski definition) is 2. The maximum absolute atomic E-state index is 13.5. The summed E-state index contributed by atoms with van der Waals surface area (Å²) in [6.07, 6.45) is -0.729. The van der Waals surface area contributed by atoms with Crippen LogP contribution in [0.2, 0.25) is 0 Å². The monoisotopic (exact) mass is 319 g/mol. The number of Topliss-reactive ketones (excluding diaryl/α,β-unsaturated/α-hetero) is 1. The van der Waals surface area contributed by atoms with Crippen LogP contribution in [0, 0.1) is 19.7 Å². The van der Waals surface area contributed by atoms with Gasteiger partial charge in [0.25, 0.3) is 0 Å². The number of esters is 1. The number of aromatic nitrogens is 1. The molecule has 0 spiro atoms. The Kier molecular flexibility index (Phi) is 4.95. The third kappa shape index (κ3) is 3.48. The molecule has 2 aromatic rings. The highest BCUT2D eigenvalue weighted by Gasteiger charge is 2.22. The second kappa shape index (κ2) is 6.75. The Hall–Kier alpha value is -2.47. The zero-order valence-electron chi connectivity index (χ0n) is 13.1. The van der Waals surface area contributed by atoms with Crippen molar-refractivity contribution in [1.82, 2.24) is 4.98 Å². The Bertz CT molecular complexity index is 749. The predicted octanol–water partition coefficient (Wildman–Crippen LogP) is 2.86. The maximum Gasteiger partial charge on any atom is 0.355 e. The largest absolute Gasteiger partial charge is 0.453 e. The summed E-state index contributed by atoms with van der Waals surface area (Å²) in [4.78, 5) is 26.8. The van der Waals surface area contributed by atoms with Gasteiger partial charge < -0.3 is 14.8 Å². The highest BCUT2D eigenvalue weighted by molar-refractivity contribution is 5.99. The molecule has 5 nitrogen and oxygen atoms in total. The number of nitrogens with one attached hydrogen (secondary N) is 1. The number of carbonyl (C=O) groups excluding carboxylic acids is 2. The SMILES string of the molecule is Cc1[nH]c(C(=O)OCC(=O)c2ccccc2F)c(C)c1[C@H](C)O. The third-order valence-corrected chi connectivity index (χ3v) is 3.63. The van der Waals surface area contributed by atoms with Crippen molar-refractivity contribution in [3.05, 3.63) is 58.2 Å². The van der Waals surface area contributed by atoms with Crippen LogP contribution in [0.3, 0.4) is 0 Å². The van der Waals surface area contributed by atoms with E-state index in [4.69, 9.17) is 4.74 Å². The van der Waals surface area contributed by atoms with Crippen molar-refractivity contribution in [3.63, 3.8) is 0 Å². The first-order valence-corrected chi connectivity index (χ1v) is 7.15. The molecule has 0 bridgehead atoms. The second-order valence-electron chi connectivity index (χ2n) is 5.32. The molecule has 0 unspecified atom stereocenters. The molecule has 6 heteroatoms. The summed E-state index contributed by atoms with van der Waals surface area (Å²) < 4.78 is 18.5. The first-order valence-electron chi connectivity index (χ1n) is 7.15. The summed E-state index contributed by atoms with van der Waals surface area (Å²) in [5, 5.41) is 9.71. The standard InChI is InChI=1S/C17H18FNO4/c1-9-15(11(3)20)10(2)19-16(9)17(22)23-8-14(21)12-6-4-5-7-13(12)18/h4-7,11,19-20H,8H2,1-3H3/t11-/m0/s1.